The van der Waals surface area contributed by atoms with Crippen molar-refractivity contribution in [3.8, 4) is 5.88 Å². The second-order valence-corrected chi connectivity index (χ2v) is 2.90. The largest absolute Gasteiger partial charge is 0.481 e. The first-order chi connectivity index (χ1) is 7.33. The van der Waals surface area contributed by atoms with Gasteiger partial charge in [0.15, 0.2) is 0 Å². The summed E-state index contributed by atoms with van der Waals surface area (Å²) in [6, 6.07) is 9.48. The number of nitrogens with zero attached hydrogens (tertiary/aromatic N) is 2. The third kappa shape index (κ3) is 4.76. The average molecular weight is 202 g/mol. The van der Waals surface area contributed by atoms with Gasteiger partial charge in [-0.1, -0.05) is 6.07 Å². The number of aromatic nitrogens is 2. The van der Waals surface area contributed by atoms with E-state index in [4.69, 9.17) is 4.74 Å². The molecule has 0 aliphatic carbocycles. The molecule has 2 rings (SSSR count). The molecule has 0 aliphatic rings. The summed E-state index contributed by atoms with van der Waals surface area (Å²) >= 11 is 0. The van der Waals surface area contributed by atoms with Crippen molar-refractivity contribution in [3.05, 3.63) is 54.5 Å². The molecule has 2 heterocycles. The average Bonchev–Trinajstić information content (AvgIpc) is 2.32. The van der Waals surface area contributed by atoms with Crippen LogP contribution in [0, 0.1) is 6.92 Å². The molecule has 0 saturated heterocycles. The van der Waals surface area contributed by atoms with Gasteiger partial charge in [-0.3, -0.25) is 4.98 Å². The molecule has 0 unspecified atom stereocenters. The third-order valence-electron chi connectivity index (χ3n) is 1.69. The molecular formula is C12H14N2O. The first kappa shape index (κ1) is 11.2. The fourth-order valence-corrected chi connectivity index (χ4v) is 0.894. The Balaban J connectivity index is 0.000000151. The predicted octanol–water partition coefficient (Wildman–Crippen LogP) is 2.48. The number of ether oxygens (including phenoxy) is 1. The first-order valence-electron chi connectivity index (χ1n) is 4.64. The zero-order chi connectivity index (χ0) is 10.9. The topological polar surface area (TPSA) is 35.0 Å². The van der Waals surface area contributed by atoms with E-state index in [1.807, 2.05) is 31.2 Å². The predicted molar refractivity (Wildman–Crippen MR) is 59.8 cm³/mol. The highest BCUT2D eigenvalue weighted by molar-refractivity contribution is 5.08. The van der Waals surface area contributed by atoms with E-state index in [1.165, 1.54) is 5.56 Å². The summed E-state index contributed by atoms with van der Waals surface area (Å²) in [5.41, 5.74) is 1.26. The van der Waals surface area contributed by atoms with Crippen LogP contribution in [0.2, 0.25) is 0 Å². The van der Waals surface area contributed by atoms with Gasteiger partial charge in [-0.2, -0.15) is 0 Å². The summed E-state index contributed by atoms with van der Waals surface area (Å²) in [6.45, 7) is 2.04. The lowest BCUT2D eigenvalue weighted by atomic mass is 10.3. The molecular weight excluding hydrogens is 188 g/mol. The molecule has 78 valence electrons. The zero-order valence-corrected chi connectivity index (χ0v) is 8.92. The van der Waals surface area contributed by atoms with Crippen molar-refractivity contribution in [2.24, 2.45) is 0 Å². The molecule has 15 heavy (non-hydrogen) atoms. The van der Waals surface area contributed by atoms with E-state index in [-0.39, 0.29) is 0 Å². The fraction of sp³-hybridized carbons (Fsp3) is 0.167. The molecule has 2 aromatic heterocycles. The second kappa shape index (κ2) is 6.54. The van der Waals surface area contributed by atoms with E-state index in [0.717, 1.165) is 0 Å². The van der Waals surface area contributed by atoms with E-state index < -0.39 is 0 Å². The van der Waals surface area contributed by atoms with Crippen LogP contribution in [-0.2, 0) is 0 Å². The number of rotatable bonds is 1. The van der Waals surface area contributed by atoms with E-state index in [1.54, 1.807) is 31.8 Å². The summed E-state index contributed by atoms with van der Waals surface area (Å²) in [5, 5.41) is 0. The standard InChI is InChI=1S/C6H7NO.C6H7N/c1-8-6-4-2-3-5-7-6;1-6-2-4-7-5-3-6/h2-5H,1H3;2-5H,1H3. The Bertz CT molecular complexity index is 362. The van der Waals surface area contributed by atoms with Crippen LogP contribution >= 0.6 is 0 Å². The van der Waals surface area contributed by atoms with Gasteiger partial charge >= 0.3 is 0 Å². The minimum atomic E-state index is 0.660. The van der Waals surface area contributed by atoms with Crippen LogP contribution in [0.3, 0.4) is 0 Å². The first-order valence-corrected chi connectivity index (χ1v) is 4.64. The van der Waals surface area contributed by atoms with Gasteiger partial charge in [0.2, 0.25) is 5.88 Å². The number of hydrogen-bond acceptors (Lipinski definition) is 3. The fourth-order valence-electron chi connectivity index (χ4n) is 0.894. The van der Waals surface area contributed by atoms with Gasteiger partial charge < -0.3 is 4.74 Å². The van der Waals surface area contributed by atoms with Crippen LogP contribution in [0.4, 0.5) is 0 Å². The molecule has 3 heteroatoms. The highest BCUT2D eigenvalue weighted by atomic mass is 16.5. The second-order valence-electron chi connectivity index (χ2n) is 2.90. The Morgan fingerprint density at radius 3 is 2.07 bits per heavy atom. The van der Waals surface area contributed by atoms with Crippen LogP contribution in [0.25, 0.3) is 0 Å². The van der Waals surface area contributed by atoms with Gasteiger partial charge in [-0.25, -0.2) is 4.98 Å². The highest BCUT2D eigenvalue weighted by Gasteiger charge is 1.82. The number of pyridine rings is 2. The van der Waals surface area contributed by atoms with Crippen molar-refractivity contribution in [2.45, 2.75) is 6.92 Å². The summed E-state index contributed by atoms with van der Waals surface area (Å²) < 4.78 is 4.80. The lowest BCUT2D eigenvalue weighted by molar-refractivity contribution is 0.398. The molecule has 0 atom stereocenters. The van der Waals surface area contributed by atoms with Crippen LogP contribution in [0.1, 0.15) is 5.56 Å². The molecule has 3 nitrogen and oxygen atoms in total. The van der Waals surface area contributed by atoms with E-state index >= 15 is 0 Å². The molecule has 0 aliphatic heterocycles. The summed E-state index contributed by atoms with van der Waals surface area (Å²) in [6.07, 6.45) is 5.27. The van der Waals surface area contributed by atoms with Crippen molar-refractivity contribution in [2.75, 3.05) is 7.11 Å². The SMILES string of the molecule is COc1ccccn1.Cc1ccncc1. The Morgan fingerprint density at radius 1 is 1.00 bits per heavy atom. The van der Waals surface area contributed by atoms with Crippen molar-refractivity contribution in [1.82, 2.24) is 9.97 Å². The van der Waals surface area contributed by atoms with E-state index in [2.05, 4.69) is 9.97 Å². The summed E-state index contributed by atoms with van der Waals surface area (Å²) in [5.74, 6) is 0.660. The molecule has 0 spiro atoms. The molecule has 0 bridgehead atoms. The van der Waals surface area contributed by atoms with Crippen LogP contribution in [-0.4, -0.2) is 17.1 Å². The Morgan fingerprint density at radius 2 is 1.73 bits per heavy atom. The quantitative estimate of drug-likeness (QED) is 0.712. The van der Waals surface area contributed by atoms with Crippen molar-refractivity contribution in [1.29, 1.82) is 0 Å². The van der Waals surface area contributed by atoms with Gasteiger partial charge in [-0.15, -0.1) is 0 Å². The molecule has 0 fully saturated rings. The highest BCUT2D eigenvalue weighted by Crippen LogP contribution is 1.99. The van der Waals surface area contributed by atoms with Crippen molar-refractivity contribution >= 4 is 0 Å². The van der Waals surface area contributed by atoms with Gasteiger partial charge in [0.1, 0.15) is 0 Å². The van der Waals surface area contributed by atoms with Crippen LogP contribution in [0.15, 0.2) is 48.9 Å². The monoisotopic (exact) mass is 202 g/mol. The minimum absolute atomic E-state index is 0.660. The molecule has 0 N–H and O–H groups in total. The molecule has 0 aromatic carbocycles. The zero-order valence-electron chi connectivity index (χ0n) is 8.92. The third-order valence-corrected chi connectivity index (χ3v) is 1.69. The maximum atomic E-state index is 4.80. The van der Waals surface area contributed by atoms with Crippen molar-refractivity contribution in [3.63, 3.8) is 0 Å². The van der Waals surface area contributed by atoms with Gasteiger partial charge in [0.05, 0.1) is 7.11 Å². The molecule has 0 saturated carbocycles. The normalized spacial score (nSPS) is 8.67. The lowest BCUT2D eigenvalue weighted by Crippen LogP contribution is -1.83. The van der Waals surface area contributed by atoms with E-state index in [9.17, 15) is 0 Å². The maximum absolute atomic E-state index is 4.80. The summed E-state index contributed by atoms with van der Waals surface area (Å²) in [7, 11) is 1.60. The van der Waals surface area contributed by atoms with Gasteiger partial charge in [0, 0.05) is 24.7 Å². The smallest absolute Gasteiger partial charge is 0.212 e. The maximum Gasteiger partial charge on any atom is 0.212 e. The minimum Gasteiger partial charge on any atom is -0.481 e. The van der Waals surface area contributed by atoms with E-state index in [0.29, 0.717) is 5.88 Å². The Hall–Kier alpha value is -1.90. The number of hydrogen-bond donors (Lipinski definition) is 0. The molecule has 2 aromatic rings. The van der Waals surface area contributed by atoms with Crippen molar-refractivity contribution < 1.29 is 4.74 Å². The van der Waals surface area contributed by atoms with Crippen LogP contribution in [0.5, 0.6) is 5.88 Å². The number of aryl methyl sites for hydroxylation is 1. The van der Waals surface area contributed by atoms with Crippen LogP contribution < -0.4 is 4.74 Å². The Labute approximate surface area is 89.8 Å². The summed E-state index contributed by atoms with van der Waals surface area (Å²) in [4.78, 5) is 7.72. The molecule has 0 radical (unpaired) electrons. The Kier molecular flexibility index (Phi) is 4.87. The van der Waals surface area contributed by atoms with Gasteiger partial charge in [-0.05, 0) is 30.7 Å². The molecule has 0 amide bonds. The number of methoxy groups -OCH3 is 1. The lowest BCUT2D eigenvalue weighted by Gasteiger charge is -1.92. The van der Waals surface area contributed by atoms with Gasteiger partial charge in [0.25, 0.3) is 0 Å².